The van der Waals surface area contributed by atoms with Crippen LogP contribution in [0.1, 0.15) is 85.7 Å². The van der Waals surface area contributed by atoms with Crippen molar-refractivity contribution in [3.05, 3.63) is 53.1 Å². The molecule has 4 rings (SSSR count). The van der Waals surface area contributed by atoms with Gasteiger partial charge in [0.15, 0.2) is 5.82 Å². The van der Waals surface area contributed by atoms with Gasteiger partial charge in [-0.1, -0.05) is 12.1 Å². The minimum Gasteiger partial charge on any atom is -0.326 e. The van der Waals surface area contributed by atoms with E-state index >= 15 is 0 Å². The van der Waals surface area contributed by atoms with E-state index in [-0.39, 0.29) is 17.4 Å². The summed E-state index contributed by atoms with van der Waals surface area (Å²) in [5.74, 6) is 0.346. The van der Waals surface area contributed by atoms with Crippen molar-refractivity contribution < 1.29 is 4.79 Å². The number of hydrogen-bond acceptors (Lipinski definition) is 4. The van der Waals surface area contributed by atoms with Gasteiger partial charge in [0, 0.05) is 23.3 Å². The van der Waals surface area contributed by atoms with Crippen molar-refractivity contribution in [3.8, 4) is 6.07 Å². The molecular weight excluding hydrogens is 374 g/mol. The monoisotopic (exact) mass is 403 g/mol. The predicted octanol–water partition coefficient (Wildman–Crippen LogP) is 4.74. The molecule has 3 N–H and O–H groups in total. The largest absolute Gasteiger partial charge is 0.326 e. The zero-order valence-corrected chi connectivity index (χ0v) is 17.7. The number of rotatable bonds is 4. The van der Waals surface area contributed by atoms with E-state index in [1.54, 1.807) is 0 Å². The number of aromatic nitrogens is 2. The number of H-pyrrole nitrogens is 1. The summed E-state index contributed by atoms with van der Waals surface area (Å²) in [5, 5.41) is 15.6. The van der Waals surface area contributed by atoms with Gasteiger partial charge in [-0.15, -0.1) is 0 Å². The van der Waals surface area contributed by atoms with Gasteiger partial charge in [0.2, 0.25) is 0 Å². The van der Waals surface area contributed by atoms with E-state index in [1.807, 2.05) is 12.1 Å². The molecule has 30 heavy (non-hydrogen) atoms. The number of nitrogens with zero attached hydrogens (tertiary/aromatic N) is 2. The molecule has 0 saturated carbocycles. The van der Waals surface area contributed by atoms with Crippen molar-refractivity contribution in [2.24, 2.45) is 0 Å². The second-order valence-electron chi connectivity index (χ2n) is 8.63. The number of carbonyl (C=O) groups is 1. The maximum absolute atomic E-state index is 12.7. The van der Waals surface area contributed by atoms with Gasteiger partial charge in [0.1, 0.15) is 11.8 Å². The van der Waals surface area contributed by atoms with Gasteiger partial charge in [-0.25, -0.2) is 4.98 Å². The molecule has 2 aliphatic rings. The van der Waals surface area contributed by atoms with Crippen LogP contribution >= 0.6 is 0 Å². The molecule has 1 saturated heterocycles. The molecule has 0 radical (unpaired) electrons. The minimum atomic E-state index is -0.328. The van der Waals surface area contributed by atoms with Crippen molar-refractivity contribution in [2.45, 2.75) is 70.4 Å². The first-order chi connectivity index (χ1) is 14.5. The van der Waals surface area contributed by atoms with Gasteiger partial charge in [-0.05, 0) is 81.6 Å². The third kappa shape index (κ3) is 4.47. The number of aromatic amines is 1. The molecule has 1 fully saturated rings. The summed E-state index contributed by atoms with van der Waals surface area (Å²) in [6.45, 7) is 4.50. The molecule has 156 valence electrons. The van der Waals surface area contributed by atoms with Crippen molar-refractivity contribution in [2.75, 3.05) is 5.32 Å². The zero-order chi connectivity index (χ0) is 21.1. The summed E-state index contributed by atoms with van der Waals surface area (Å²) in [6.07, 6.45) is 10.4. The van der Waals surface area contributed by atoms with Gasteiger partial charge in [0.25, 0.3) is 5.91 Å². The van der Waals surface area contributed by atoms with Crippen molar-refractivity contribution in [1.82, 2.24) is 15.3 Å². The van der Waals surface area contributed by atoms with Crippen LogP contribution in [0, 0.1) is 11.3 Å². The molecule has 6 heteroatoms. The molecule has 0 bridgehead atoms. The van der Waals surface area contributed by atoms with Crippen LogP contribution in [-0.4, -0.2) is 28.0 Å². The molecule has 6 nitrogen and oxygen atoms in total. The number of imidazole rings is 1. The third-order valence-corrected chi connectivity index (χ3v) is 6.16. The molecule has 1 amide bonds. The summed E-state index contributed by atoms with van der Waals surface area (Å²) >= 11 is 0. The zero-order valence-electron chi connectivity index (χ0n) is 17.7. The van der Waals surface area contributed by atoms with E-state index in [1.165, 1.54) is 30.2 Å². The Balaban J connectivity index is 1.64. The first kappa shape index (κ1) is 20.4. The molecule has 1 aliphatic carbocycles. The molecule has 3 atom stereocenters. The Morgan fingerprint density at radius 2 is 2.03 bits per heavy atom. The molecule has 1 aromatic heterocycles. The quantitative estimate of drug-likeness (QED) is 0.688. The second-order valence-corrected chi connectivity index (χ2v) is 8.63. The molecule has 2 aromatic rings. The summed E-state index contributed by atoms with van der Waals surface area (Å²) in [5.41, 5.74) is 4.86. The smallest absolute Gasteiger partial charge is 0.291 e. The first-order valence-corrected chi connectivity index (χ1v) is 10.9. The van der Waals surface area contributed by atoms with Crippen LogP contribution in [0.4, 0.5) is 5.69 Å². The van der Waals surface area contributed by atoms with Crippen LogP contribution in [-0.2, 0) is 0 Å². The fraction of sp³-hybridized carbons (Fsp3) is 0.458. The van der Waals surface area contributed by atoms with Gasteiger partial charge < -0.3 is 15.6 Å². The highest BCUT2D eigenvalue weighted by atomic mass is 16.2. The lowest BCUT2D eigenvalue weighted by atomic mass is 9.82. The molecule has 2 heterocycles. The lowest BCUT2D eigenvalue weighted by molar-refractivity contribution is 0.101. The lowest BCUT2D eigenvalue weighted by Crippen LogP contribution is -2.41. The minimum absolute atomic E-state index is 0.153. The highest BCUT2D eigenvalue weighted by molar-refractivity contribution is 6.03. The summed E-state index contributed by atoms with van der Waals surface area (Å²) in [4.78, 5) is 19.5. The Morgan fingerprint density at radius 1 is 1.23 bits per heavy atom. The van der Waals surface area contributed by atoms with Crippen molar-refractivity contribution in [1.29, 1.82) is 5.26 Å². The number of allylic oxidation sites excluding steroid dienone is 2. The Morgan fingerprint density at radius 3 is 2.70 bits per heavy atom. The number of benzene rings is 1. The van der Waals surface area contributed by atoms with Gasteiger partial charge in [-0.2, -0.15) is 5.26 Å². The van der Waals surface area contributed by atoms with E-state index in [4.69, 9.17) is 5.26 Å². The first-order valence-electron chi connectivity index (χ1n) is 10.9. The number of carbonyl (C=O) groups excluding carboxylic acids is 1. The fourth-order valence-corrected chi connectivity index (χ4v) is 4.79. The average molecular weight is 404 g/mol. The normalized spacial score (nSPS) is 24.0. The number of nitriles is 1. The Bertz CT molecular complexity index is 989. The third-order valence-electron chi connectivity index (χ3n) is 6.16. The van der Waals surface area contributed by atoms with E-state index in [0.29, 0.717) is 18.0 Å². The topological polar surface area (TPSA) is 93.6 Å². The van der Waals surface area contributed by atoms with Gasteiger partial charge >= 0.3 is 0 Å². The maximum Gasteiger partial charge on any atom is 0.291 e. The summed E-state index contributed by atoms with van der Waals surface area (Å²) < 4.78 is 0. The number of anilines is 1. The second kappa shape index (κ2) is 8.85. The van der Waals surface area contributed by atoms with Crippen LogP contribution in [0.5, 0.6) is 0 Å². The van der Waals surface area contributed by atoms with Crippen molar-refractivity contribution in [3.63, 3.8) is 0 Å². The standard InChI is InChI=1S/C24H29N5O/c1-15-10-19(11-16(2)27-15)18-8-9-22(21(12-18)17-6-4-3-5-7-17)29-24(30)23-26-14-20(13-25)28-23/h6,8-9,12,14-16,19,27H,3-5,7,10-11H2,1-2H3,(H,26,28)(H,29,30)/t15-,16+,19?. The van der Waals surface area contributed by atoms with Crippen LogP contribution < -0.4 is 10.6 Å². The molecule has 0 spiro atoms. The lowest BCUT2D eigenvalue weighted by Gasteiger charge is -2.33. The van der Waals surface area contributed by atoms with Crippen LogP contribution in [0.25, 0.3) is 5.57 Å². The Labute approximate surface area is 177 Å². The summed E-state index contributed by atoms with van der Waals surface area (Å²) in [7, 11) is 0. The Kier molecular flexibility index (Phi) is 6.01. The number of nitrogens with one attached hydrogen (secondary N) is 3. The van der Waals surface area contributed by atoms with Crippen LogP contribution in [0.2, 0.25) is 0 Å². The van der Waals surface area contributed by atoms with E-state index in [0.717, 1.165) is 36.9 Å². The van der Waals surface area contributed by atoms with E-state index in [9.17, 15) is 4.79 Å². The van der Waals surface area contributed by atoms with Gasteiger partial charge in [0.05, 0.1) is 6.20 Å². The molecule has 1 aliphatic heterocycles. The predicted molar refractivity (Wildman–Crippen MR) is 118 cm³/mol. The maximum atomic E-state index is 12.7. The number of amides is 1. The van der Waals surface area contributed by atoms with E-state index < -0.39 is 0 Å². The fourth-order valence-electron chi connectivity index (χ4n) is 4.79. The highest BCUT2D eigenvalue weighted by Gasteiger charge is 2.25. The summed E-state index contributed by atoms with van der Waals surface area (Å²) in [6, 6.07) is 9.44. The Hall–Kier alpha value is -2.91. The van der Waals surface area contributed by atoms with Crippen LogP contribution in [0.3, 0.4) is 0 Å². The molecular formula is C24H29N5O. The number of hydrogen-bond donors (Lipinski definition) is 3. The van der Waals surface area contributed by atoms with Gasteiger partial charge in [-0.3, -0.25) is 4.79 Å². The number of piperidine rings is 1. The van der Waals surface area contributed by atoms with Crippen molar-refractivity contribution >= 4 is 17.2 Å². The molecule has 1 aromatic carbocycles. The SMILES string of the molecule is C[C@@H]1CC(c2ccc(NC(=O)c3ncc(C#N)[nH]3)c(C3=CCCCC3)c2)C[C@H](C)N1. The van der Waals surface area contributed by atoms with Crippen LogP contribution in [0.15, 0.2) is 30.5 Å². The van der Waals surface area contributed by atoms with E-state index in [2.05, 4.69) is 52.7 Å². The molecule has 1 unspecified atom stereocenters. The average Bonchev–Trinajstić information content (AvgIpc) is 3.23. The highest BCUT2D eigenvalue weighted by Crippen LogP contribution is 2.37.